The average molecular weight is 289 g/mol. The van der Waals surface area contributed by atoms with Crippen LogP contribution in [-0.2, 0) is 5.16 Å². The van der Waals surface area contributed by atoms with Gasteiger partial charge in [0.05, 0.1) is 5.16 Å². The third kappa shape index (κ3) is 2.52. The van der Waals surface area contributed by atoms with Gasteiger partial charge >= 0.3 is 0 Å². The van der Waals surface area contributed by atoms with Crippen molar-refractivity contribution in [1.82, 2.24) is 0 Å². The molecule has 1 atom stereocenters. The lowest BCUT2D eigenvalue weighted by Crippen LogP contribution is -2.23. The van der Waals surface area contributed by atoms with Gasteiger partial charge in [0.1, 0.15) is 0 Å². The van der Waals surface area contributed by atoms with Crippen molar-refractivity contribution in [2.24, 2.45) is 0 Å². The smallest absolute Gasteiger partial charge is 0.0620 e. The van der Waals surface area contributed by atoms with Crippen molar-refractivity contribution in [2.45, 2.75) is 5.16 Å². The summed E-state index contributed by atoms with van der Waals surface area (Å²) in [5, 5.41) is -0.163. The van der Waals surface area contributed by atoms with Gasteiger partial charge in [-0.1, -0.05) is 91.0 Å². The van der Waals surface area contributed by atoms with E-state index >= 15 is 0 Å². The number of hydrogen-bond donors (Lipinski definition) is 0. The molecule has 0 saturated carbocycles. The van der Waals surface area contributed by atoms with Crippen LogP contribution in [0.5, 0.6) is 0 Å². The Hall–Kier alpha value is -1.91. The summed E-state index contributed by atoms with van der Waals surface area (Å²) in [5.41, 5.74) is 3.90. The van der Waals surface area contributed by atoms with Crippen LogP contribution in [-0.4, -0.2) is 0 Å². The summed E-state index contributed by atoms with van der Waals surface area (Å²) < 4.78 is 0. The van der Waals surface area contributed by atoms with Gasteiger partial charge in [-0.2, -0.15) is 0 Å². The highest BCUT2D eigenvalue weighted by atomic mass is 31.1. The highest BCUT2D eigenvalue weighted by Crippen LogP contribution is 2.51. The Morgan fingerprint density at radius 3 is 1.05 bits per heavy atom. The van der Waals surface area contributed by atoms with Gasteiger partial charge in [0.25, 0.3) is 0 Å². The molecular formula is C20H18P. The molecule has 0 aliphatic heterocycles. The fourth-order valence-corrected chi connectivity index (χ4v) is 3.98. The Morgan fingerprint density at radius 2 is 0.810 bits per heavy atom. The van der Waals surface area contributed by atoms with E-state index < -0.39 is 0 Å². The van der Waals surface area contributed by atoms with Crippen LogP contribution >= 0.6 is 8.58 Å². The predicted octanol–water partition coefficient (Wildman–Crippen LogP) is 5.45. The van der Waals surface area contributed by atoms with Crippen LogP contribution in [0, 0.1) is 6.66 Å². The van der Waals surface area contributed by atoms with Gasteiger partial charge in [-0.05, 0) is 23.4 Å². The van der Waals surface area contributed by atoms with Gasteiger partial charge in [0.2, 0.25) is 0 Å². The number of benzene rings is 3. The number of hydrogen-bond acceptors (Lipinski definition) is 0. The molecule has 0 N–H and O–H groups in total. The van der Waals surface area contributed by atoms with Crippen molar-refractivity contribution in [1.29, 1.82) is 0 Å². The topological polar surface area (TPSA) is 0 Å². The molecule has 0 bridgehead atoms. The van der Waals surface area contributed by atoms with E-state index in [4.69, 9.17) is 0 Å². The summed E-state index contributed by atoms with van der Waals surface area (Å²) in [6, 6.07) is 32.1. The van der Waals surface area contributed by atoms with Gasteiger partial charge in [-0.15, -0.1) is 8.58 Å². The SMILES string of the molecule is [CH2]PC(c1ccccc1)(c1ccccc1)c1ccccc1. The molecule has 0 spiro atoms. The molecule has 103 valence electrons. The van der Waals surface area contributed by atoms with E-state index in [1.54, 1.807) is 0 Å². The van der Waals surface area contributed by atoms with E-state index in [1.807, 2.05) is 0 Å². The van der Waals surface area contributed by atoms with Crippen LogP contribution in [0.4, 0.5) is 0 Å². The normalized spacial score (nSPS) is 11.9. The van der Waals surface area contributed by atoms with E-state index in [-0.39, 0.29) is 5.16 Å². The summed E-state index contributed by atoms with van der Waals surface area (Å²) >= 11 is 0. The van der Waals surface area contributed by atoms with Crippen LogP contribution in [0.15, 0.2) is 91.0 Å². The van der Waals surface area contributed by atoms with Gasteiger partial charge < -0.3 is 0 Å². The first-order chi connectivity index (χ1) is 10.4. The molecule has 1 radical (unpaired) electrons. The first-order valence-corrected chi connectivity index (χ1v) is 8.29. The standard InChI is InChI=1S/C20H18P/c1-21-20(17-11-5-2-6-12-17,18-13-7-3-8-14-18)19-15-9-4-10-16-19/h2-16,21H,1H2. The molecule has 0 saturated heterocycles. The van der Waals surface area contributed by atoms with Crippen LogP contribution in [0.25, 0.3) is 0 Å². The molecule has 3 aromatic rings. The second-order valence-corrected chi connectivity index (χ2v) is 6.13. The summed E-state index contributed by atoms with van der Waals surface area (Å²) in [6.45, 7) is 4.32. The van der Waals surface area contributed by atoms with Gasteiger partial charge in [0.15, 0.2) is 0 Å². The quantitative estimate of drug-likeness (QED) is 0.442. The molecule has 3 rings (SSSR count). The minimum absolute atomic E-state index is 0.163. The van der Waals surface area contributed by atoms with Crippen molar-refractivity contribution in [3.05, 3.63) is 114 Å². The summed E-state index contributed by atoms with van der Waals surface area (Å²) in [6.07, 6.45) is 0. The first kappa shape index (κ1) is 14.0. The molecular weight excluding hydrogens is 271 g/mol. The maximum absolute atomic E-state index is 4.32. The Morgan fingerprint density at radius 1 is 0.524 bits per heavy atom. The van der Waals surface area contributed by atoms with E-state index in [0.717, 1.165) is 0 Å². The van der Waals surface area contributed by atoms with Crippen LogP contribution in [0.3, 0.4) is 0 Å². The monoisotopic (exact) mass is 289 g/mol. The molecule has 3 aromatic carbocycles. The molecule has 0 amide bonds. The Kier molecular flexibility index (Phi) is 4.18. The zero-order chi connectivity index (χ0) is 14.5. The molecule has 0 aliphatic carbocycles. The minimum Gasteiger partial charge on any atom is -0.101 e. The average Bonchev–Trinajstić information content (AvgIpc) is 2.59. The highest BCUT2D eigenvalue weighted by molar-refractivity contribution is 7.41. The van der Waals surface area contributed by atoms with Gasteiger partial charge in [-0.3, -0.25) is 0 Å². The second-order valence-electron chi connectivity index (χ2n) is 5.02. The number of rotatable bonds is 4. The van der Waals surface area contributed by atoms with Crippen molar-refractivity contribution in [2.75, 3.05) is 0 Å². The summed E-state index contributed by atoms with van der Waals surface area (Å²) in [7, 11) is 0.501. The van der Waals surface area contributed by atoms with Crippen LogP contribution in [0.1, 0.15) is 16.7 Å². The molecule has 0 fully saturated rings. The van der Waals surface area contributed by atoms with E-state index in [2.05, 4.69) is 97.7 Å². The lowest BCUT2D eigenvalue weighted by molar-refractivity contribution is 0.891. The lowest BCUT2D eigenvalue weighted by atomic mass is 9.84. The zero-order valence-electron chi connectivity index (χ0n) is 11.9. The van der Waals surface area contributed by atoms with Gasteiger partial charge in [0, 0.05) is 0 Å². The minimum atomic E-state index is -0.163. The highest BCUT2D eigenvalue weighted by Gasteiger charge is 2.34. The summed E-state index contributed by atoms with van der Waals surface area (Å²) in [5.74, 6) is 0. The lowest BCUT2D eigenvalue weighted by Gasteiger charge is -2.35. The van der Waals surface area contributed by atoms with E-state index in [9.17, 15) is 0 Å². The fraction of sp³-hybridized carbons (Fsp3) is 0.0500. The summed E-state index contributed by atoms with van der Waals surface area (Å²) in [4.78, 5) is 0. The van der Waals surface area contributed by atoms with Crippen molar-refractivity contribution >= 4 is 8.58 Å². The maximum atomic E-state index is 4.32. The molecule has 21 heavy (non-hydrogen) atoms. The van der Waals surface area contributed by atoms with E-state index in [1.165, 1.54) is 16.7 Å². The molecule has 0 aliphatic rings. The Labute approximate surface area is 128 Å². The van der Waals surface area contributed by atoms with Crippen molar-refractivity contribution < 1.29 is 0 Å². The second kappa shape index (κ2) is 6.24. The molecule has 1 heteroatoms. The molecule has 0 nitrogen and oxygen atoms in total. The molecule has 1 unspecified atom stereocenters. The molecule has 0 heterocycles. The molecule has 0 aromatic heterocycles. The van der Waals surface area contributed by atoms with Crippen LogP contribution in [0.2, 0.25) is 0 Å². The fourth-order valence-electron chi connectivity index (χ4n) is 2.87. The Bertz CT molecular complexity index is 578. The van der Waals surface area contributed by atoms with Crippen molar-refractivity contribution in [3.8, 4) is 0 Å². The zero-order valence-corrected chi connectivity index (χ0v) is 12.9. The van der Waals surface area contributed by atoms with E-state index in [0.29, 0.717) is 8.58 Å². The largest absolute Gasteiger partial charge is 0.101 e. The maximum Gasteiger partial charge on any atom is 0.0620 e. The Balaban J connectivity index is 2.29. The van der Waals surface area contributed by atoms with Crippen molar-refractivity contribution in [3.63, 3.8) is 0 Å². The van der Waals surface area contributed by atoms with Gasteiger partial charge in [-0.25, -0.2) is 0 Å². The first-order valence-electron chi connectivity index (χ1n) is 7.09. The third-order valence-corrected chi connectivity index (χ3v) is 5.28. The predicted molar refractivity (Wildman–Crippen MR) is 92.9 cm³/mol. The third-order valence-electron chi connectivity index (χ3n) is 3.89. The van der Waals surface area contributed by atoms with Crippen LogP contribution < -0.4 is 0 Å².